The molecule has 1 saturated heterocycles. The molecule has 8 heteroatoms. The molecule has 1 aromatic rings. The number of nitro benzene ring substituents is 1. The van der Waals surface area contributed by atoms with Crippen LogP contribution in [0.1, 0.15) is 18.4 Å². The summed E-state index contributed by atoms with van der Waals surface area (Å²) in [5.41, 5.74) is 6.35. The second-order valence-corrected chi connectivity index (χ2v) is 8.10. The number of non-ortho nitro benzene ring substituents is 1. The molecule has 7 nitrogen and oxygen atoms in total. The summed E-state index contributed by atoms with van der Waals surface area (Å²) in [7, 11) is -3.62. The van der Waals surface area contributed by atoms with Gasteiger partial charge in [-0.3, -0.25) is 10.1 Å². The highest BCUT2D eigenvalue weighted by Gasteiger charge is 2.45. The van der Waals surface area contributed by atoms with Gasteiger partial charge in [0.25, 0.3) is 5.69 Å². The Morgan fingerprint density at radius 2 is 2.05 bits per heavy atom. The molecule has 1 aliphatic carbocycles. The molecule has 1 aromatic carbocycles. The summed E-state index contributed by atoms with van der Waals surface area (Å²) < 4.78 is 27.1. The molecule has 2 aliphatic rings. The third-order valence-electron chi connectivity index (χ3n) is 4.87. The van der Waals surface area contributed by atoms with Gasteiger partial charge in [-0.05, 0) is 43.2 Å². The predicted octanol–water partition coefficient (Wildman–Crippen LogP) is 1.26. The van der Waals surface area contributed by atoms with Crippen molar-refractivity contribution >= 4 is 15.7 Å². The average molecular weight is 325 g/mol. The van der Waals surface area contributed by atoms with Crippen LogP contribution in [0.5, 0.6) is 0 Å². The van der Waals surface area contributed by atoms with Gasteiger partial charge in [-0.2, -0.15) is 4.31 Å². The molecule has 0 spiro atoms. The number of fused-ring (bicyclic) bond motifs is 1. The summed E-state index contributed by atoms with van der Waals surface area (Å²) in [6, 6.07) is 3.94. The average Bonchev–Trinajstić information content (AvgIpc) is 3.01. The maximum Gasteiger partial charge on any atom is 0.269 e. The number of rotatable bonds is 3. The number of nitrogens with zero attached hydrogens (tertiary/aromatic N) is 2. The molecular weight excluding hydrogens is 306 g/mol. The molecule has 1 saturated carbocycles. The molecule has 3 atom stereocenters. The van der Waals surface area contributed by atoms with Crippen molar-refractivity contribution in [2.75, 3.05) is 13.1 Å². The first kappa shape index (κ1) is 15.4. The Morgan fingerprint density at radius 3 is 2.64 bits per heavy atom. The molecule has 0 bridgehead atoms. The van der Waals surface area contributed by atoms with Crippen LogP contribution < -0.4 is 5.73 Å². The first-order chi connectivity index (χ1) is 10.3. The number of aryl methyl sites for hydroxylation is 1. The van der Waals surface area contributed by atoms with Gasteiger partial charge in [0.1, 0.15) is 0 Å². The zero-order valence-corrected chi connectivity index (χ0v) is 13.1. The molecule has 1 aliphatic heterocycles. The predicted molar refractivity (Wildman–Crippen MR) is 80.8 cm³/mol. The van der Waals surface area contributed by atoms with Crippen molar-refractivity contribution in [1.82, 2.24) is 4.31 Å². The highest BCUT2D eigenvalue weighted by atomic mass is 32.2. The molecular formula is C14H19N3O4S. The van der Waals surface area contributed by atoms with Gasteiger partial charge in [-0.15, -0.1) is 0 Å². The van der Waals surface area contributed by atoms with Crippen molar-refractivity contribution in [3.63, 3.8) is 0 Å². The van der Waals surface area contributed by atoms with Crippen LogP contribution in [0.15, 0.2) is 23.1 Å². The van der Waals surface area contributed by atoms with Gasteiger partial charge in [-0.25, -0.2) is 8.42 Å². The van der Waals surface area contributed by atoms with E-state index in [0.717, 1.165) is 12.8 Å². The Kier molecular flexibility index (Phi) is 3.70. The van der Waals surface area contributed by atoms with E-state index in [2.05, 4.69) is 0 Å². The standard InChI is InChI=1S/C14H19N3O4S/c1-9-6-11(17(18)19)3-5-14(9)22(20,21)16-7-10-2-4-13(15)12(10)8-16/h3,5-6,10,12-13H,2,4,7-8,15H2,1H3. The minimum Gasteiger partial charge on any atom is -0.327 e. The second kappa shape index (κ2) is 5.29. The maximum absolute atomic E-state index is 12.8. The lowest BCUT2D eigenvalue weighted by Gasteiger charge is -2.19. The number of benzene rings is 1. The van der Waals surface area contributed by atoms with Gasteiger partial charge in [0.05, 0.1) is 9.82 Å². The van der Waals surface area contributed by atoms with Crippen molar-refractivity contribution in [2.45, 2.75) is 30.7 Å². The minimum atomic E-state index is -3.62. The maximum atomic E-state index is 12.8. The van der Waals surface area contributed by atoms with Crippen LogP contribution in [0.4, 0.5) is 5.69 Å². The normalized spacial score (nSPS) is 28.7. The molecule has 0 aromatic heterocycles. The van der Waals surface area contributed by atoms with E-state index in [0.29, 0.717) is 24.6 Å². The number of nitrogens with two attached hydrogens (primary N) is 1. The van der Waals surface area contributed by atoms with Gasteiger partial charge in [0.2, 0.25) is 10.0 Å². The first-order valence-corrected chi connectivity index (χ1v) is 8.75. The van der Waals surface area contributed by atoms with E-state index >= 15 is 0 Å². The van der Waals surface area contributed by atoms with Gasteiger partial charge >= 0.3 is 0 Å². The first-order valence-electron chi connectivity index (χ1n) is 7.31. The topological polar surface area (TPSA) is 107 Å². The number of hydrogen-bond acceptors (Lipinski definition) is 5. The van der Waals surface area contributed by atoms with E-state index < -0.39 is 14.9 Å². The van der Waals surface area contributed by atoms with Crippen LogP contribution in [-0.2, 0) is 10.0 Å². The van der Waals surface area contributed by atoms with Crippen molar-refractivity contribution in [2.24, 2.45) is 17.6 Å². The van der Waals surface area contributed by atoms with E-state index in [1.165, 1.54) is 22.5 Å². The largest absolute Gasteiger partial charge is 0.327 e. The van der Waals surface area contributed by atoms with Crippen LogP contribution in [-0.4, -0.2) is 36.8 Å². The summed E-state index contributed by atoms with van der Waals surface area (Å²) in [4.78, 5) is 10.4. The summed E-state index contributed by atoms with van der Waals surface area (Å²) in [5, 5.41) is 10.8. The minimum absolute atomic E-state index is 0.0724. The Bertz CT molecular complexity index is 719. The Balaban J connectivity index is 1.89. The Morgan fingerprint density at radius 1 is 1.32 bits per heavy atom. The SMILES string of the molecule is Cc1cc([N+](=O)[O-])ccc1S(=O)(=O)N1CC2CCC(N)C2C1. The lowest BCUT2D eigenvalue weighted by molar-refractivity contribution is -0.385. The fourth-order valence-corrected chi connectivity index (χ4v) is 5.38. The van der Waals surface area contributed by atoms with Crippen molar-refractivity contribution < 1.29 is 13.3 Å². The van der Waals surface area contributed by atoms with Crippen LogP contribution in [0.25, 0.3) is 0 Å². The third kappa shape index (κ3) is 2.41. The second-order valence-electron chi connectivity index (χ2n) is 6.19. The quantitative estimate of drug-likeness (QED) is 0.665. The Labute approximate surface area is 129 Å². The molecule has 120 valence electrons. The summed E-state index contributed by atoms with van der Waals surface area (Å²) >= 11 is 0. The summed E-state index contributed by atoms with van der Waals surface area (Å²) in [5.74, 6) is 0.566. The van der Waals surface area contributed by atoms with Crippen LogP contribution in [0, 0.1) is 28.9 Å². The highest BCUT2D eigenvalue weighted by Crippen LogP contribution is 2.39. The summed E-state index contributed by atoms with van der Waals surface area (Å²) in [6.45, 7) is 2.53. The zero-order valence-electron chi connectivity index (χ0n) is 12.3. The monoisotopic (exact) mass is 325 g/mol. The van der Waals surface area contributed by atoms with Gasteiger partial charge in [0.15, 0.2) is 0 Å². The fraction of sp³-hybridized carbons (Fsp3) is 0.571. The van der Waals surface area contributed by atoms with Gasteiger partial charge < -0.3 is 5.73 Å². The van der Waals surface area contributed by atoms with Crippen molar-refractivity contribution in [1.29, 1.82) is 0 Å². The van der Waals surface area contributed by atoms with Crippen LogP contribution in [0.2, 0.25) is 0 Å². The third-order valence-corrected chi connectivity index (χ3v) is 6.86. The molecule has 22 heavy (non-hydrogen) atoms. The van der Waals surface area contributed by atoms with Crippen LogP contribution >= 0.6 is 0 Å². The zero-order chi connectivity index (χ0) is 16.1. The highest BCUT2D eigenvalue weighted by molar-refractivity contribution is 7.89. The molecule has 1 heterocycles. The van der Waals surface area contributed by atoms with Gasteiger partial charge in [0, 0.05) is 31.3 Å². The number of hydrogen-bond donors (Lipinski definition) is 1. The summed E-state index contributed by atoms with van der Waals surface area (Å²) in [6.07, 6.45) is 1.93. The van der Waals surface area contributed by atoms with Gasteiger partial charge in [-0.1, -0.05) is 0 Å². The fourth-order valence-electron chi connectivity index (χ4n) is 3.64. The van der Waals surface area contributed by atoms with Crippen LogP contribution in [0.3, 0.4) is 0 Å². The van der Waals surface area contributed by atoms with E-state index in [1.807, 2.05) is 0 Å². The molecule has 3 unspecified atom stereocenters. The lowest BCUT2D eigenvalue weighted by atomic mass is 9.98. The molecule has 0 radical (unpaired) electrons. The lowest BCUT2D eigenvalue weighted by Crippen LogP contribution is -2.33. The molecule has 0 amide bonds. The number of nitro groups is 1. The molecule has 2 fully saturated rings. The smallest absolute Gasteiger partial charge is 0.269 e. The van der Waals surface area contributed by atoms with Crippen molar-refractivity contribution in [3.05, 3.63) is 33.9 Å². The van der Waals surface area contributed by atoms with E-state index in [9.17, 15) is 18.5 Å². The van der Waals surface area contributed by atoms with Crippen molar-refractivity contribution in [3.8, 4) is 0 Å². The van der Waals surface area contributed by atoms with E-state index in [1.54, 1.807) is 6.92 Å². The Hall–Kier alpha value is -1.51. The molecule has 2 N–H and O–H groups in total. The molecule has 3 rings (SSSR count). The van der Waals surface area contributed by atoms with E-state index in [4.69, 9.17) is 5.73 Å². The number of sulfonamides is 1. The van der Waals surface area contributed by atoms with E-state index in [-0.39, 0.29) is 22.5 Å².